The Hall–Kier alpha value is -4.06. The molecule has 33 heavy (non-hydrogen) atoms. The van der Waals surface area contributed by atoms with Crippen LogP contribution < -0.4 is 4.74 Å². The minimum Gasteiger partial charge on any atom is -0.503 e. The number of hydrogen-bond acceptors (Lipinski definition) is 5. The minimum atomic E-state index is -0.754. The van der Waals surface area contributed by atoms with Gasteiger partial charge in [-0.2, -0.15) is 0 Å². The number of amides is 1. The van der Waals surface area contributed by atoms with Crippen molar-refractivity contribution in [2.75, 3.05) is 6.61 Å². The molecule has 1 aromatic heterocycles. The van der Waals surface area contributed by atoms with E-state index in [0.717, 1.165) is 12.0 Å². The number of ketones is 1. The molecule has 0 aliphatic carbocycles. The largest absolute Gasteiger partial charge is 0.503 e. The molecule has 168 valence electrons. The van der Waals surface area contributed by atoms with Gasteiger partial charge in [0, 0.05) is 0 Å². The lowest BCUT2D eigenvalue weighted by Gasteiger charge is -2.26. The summed E-state index contributed by atoms with van der Waals surface area (Å²) in [7, 11) is 0. The first-order valence-corrected chi connectivity index (χ1v) is 10.8. The Morgan fingerprint density at radius 2 is 1.85 bits per heavy atom. The summed E-state index contributed by atoms with van der Waals surface area (Å²) in [5.74, 6) is -0.326. The molecule has 0 saturated heterocycles. The maximum Gasteiger partial charge on any atom is 0.290 e. The number of furan rings is 1. The van der Waals surface area contributed by atoms with Gasteiger partial charge in [0.05, 0.1) is 31.0 Å². The molecule has 2 heterocycles. The van der Waals surface area contributed by atoms with Gasteiger partial charge in [0.25, 0.3) is 5.91 Å². The van der Waals surface area contributed by atoms with E-state index in [1.807, 2.05) is 49.4 Å². The normalized spacial score (nSPS) is 16.1. The van der Waals surface area contributed by atoms with Gasteiger partial charge in [0.15, 0.2) is 11.5 Å². The third-order valence-electron chi connectivity index (χ3n) is 5.37. The van der Waals surface area contributed by atoms with Gasteiger partial charge >= 0.3 is 0 Å². The van der Waals surface area contributed by atoms with Gasteiger partial charge < -0.3 is 19.2 Å². The Labute approximate surface area is 192 Å². The molecule has 0 saturated carbocycles. The molecule has 6 nitrogen and oxygen atoms in total. The summed E-state index contributed by atoms with van der Waals surface area (Å²) < 4.78 is 11.1. The Morgan fingerprint density at radius 1 is 1.09 bits per heavy atom. The number of benzene rings is 2. The van der Waals surface area contributed by atoms with Crippen LogP contribution in [0.1, 0.15) is 36.3 Å². The molecule has 1 aliphatic heterocycles. The van der Waals surface area contributed by atoms with Crippen LogP contribution in [-0.2, 0) is 16.1 Å². The summed E-state index contributed by atoms with van der Waals surface area (Å²) in [4.78, 5) is 27.6. The van der Waals surface area contributed by atoms with Gasteiger partial charge in [-0.15, -0.1) is 0 Å². The van der Waals surface area contributed by atoms with E-state index in [9.17, 15) is 14.7 Å². The zero-order valence-corrected chi connectivity index (χ0v) is 18.3. The first-order valence-electron chi connectivity index (χ1n) is 10.8. The molecular formula is C27H25NO5. The number of aliphatic hydroxyl groups is 1. The topological polar surface area (TPSA) is 80.0 Å². The summed E-state index contributed by atoms with van der Waals surface area (Å²) in [6.07, 6.45) is 5.46. The van der Waals surface area contributed by atoms with Gasteiger partial charge in [0.2, 0.25) is 0 Å². The second-order valence-electron chi connectivity index (χ2n) is 7.70. The fourth-order valence-corrected chi connectivity index (χ4v) is 3.78. The molecule has 3 aromatic rings. The summed E-state index contributed by atoms with van der Waals surface area (Å²) >= 11 is 0. The molecule has 2 aromatic carbocycles. The first-order chi connectivity index (χ1) is 16.1. The molecule has 0 radical (unpaired) electrons. The van der Waals surface area contributed by atoms with Crippen LogP contribution in [-0.4, -0.2) is 28.3 Å². The predicted molar refractivity (Wildman–Crippen MR) is 124 cm³/mol. The molecule has 1 N–H and O–H groups in total. The maximum absolute atomic E-state index is 13.2. The smallest absolute Gasteiger partial charge is 0.290 e. The number of aliphatic hydroxyl groups excluding tert-OH is 1. The van der Waals surface area contributed by atoms with Crippen molar-refractivity contribution in [3.8, 4) is 5.75 Å². The number of ether oxygens (including phenoxy) is 1. The van der Waals surface area contributed by atoms with E-state index in [0.29, 0.717) is 23.7 Å². The number of rotatable bonds is 9. The van der Waals surface area contributed by atoms with Gasteiger partial charge in [-0.3, -0.25) is 9.59 Å². The van der Waals surface area contributed by atoms with E-state index in [1.165, 1.54) is 17.2 Å². The zero-order chi connectivity index (χ0) is 23.2. The predicted octanol–water partition coefficient (Wildman–Crippen LogP) is 5.25. The van der Waals surface area contributed by atoms with Crippen molar-refractivity contribution >= 4 is 17.8 Å². The van der Waals surface area contributed by atoms with E-state index in [-0.39, 0.29) is 12.1 Å². The molecule has 1 unspecified atom stereocenters. The first kappa shape index (κ1) is 22.1. The van der Waals surface area contributed by atoms with E-state index in [4.69, 9.17) is 9.15 Å². The molecule has 1 amide bonds. The van der Waals surface area contributed by atoms with Crippen molar-refractivity contribution < 1.29 is 23.8 Å². The van der Waals surface area contributed by atoms with Crippen molar-refractivity contribution in [1.29, 1.82) is 0 Å². The molecule has 1 aliphatic rings. The molecule has 4 rings (SSSR count). The van der Waals surface area contributed by atoms with Gasteiger partial charge in [-0.25, -0.2) is 0 Å². The third-order valence-corrected chi connectivity index (χ3v) is 5.37. The molecule has 0 spiro atoms. The monoisotopic (exact) mass is 443 g/mol. The fourth-order valence-electron chi connectivity index (χ4n) is 3.78. The Morgan fingerprint density at radius 3 is 2.52 bits per heavy atom. The SMILES string of the molecule is CCCOc1ccc(C2C(C(=O)C=Cc3ccccc3)=C(O)C(=O)N2Cc2ccco2)cc1. The lowest BCUT2D eigenvalue weighted by atomic mass is 9.95. The highest BCUT2D eigenvalue weighted by Gasteiger charge is 2.43. The van der Waals surface area contributed by atoms with E-state index < -0.39 is 23.5 Å². The Bertz CT molecular complexity index is 1160. The van der Waals surface area contributed by atoms with E-state index in [2.05, 4.69) is 0 Å². The quantitative estimate of drug-likeness (QED) is 0.457. The number of hydrogen-bond donors (Lipinski definition) is 1. The highest BCUT2D eigenvalue weighted by Crippen LogP contribution is 2.39. The lowest BCUT2D eigenvalue weighted by molar-refractivity contribution is -0.130. The summed E-state index contributed by atoms with van der Waals surface area (Å²) in [5.41, 5.74) is 1.58. The lowest BCUT2D eigenvalue weighted by Crippen LogP contribution is -2.30. The average Bonchev–Trinajstić information content (AvgIpc) is 3.45. The minimum absolute atomic E-state index is 0.0426. The number of carbonyl (C=O) groups is 2. The Kier molecular flexibility index (Phi) is 6.74. The molecule has 0 fully saturated rings. The van der Waals surface area contributed by atoms with Crippen LogP contribution in [0.3, 0.4) is 0 Å². The van der Waals surface area contributed by atoms with Crippen LogP contribution in [0.2, 0.25) is 0 Å². The second kappa shape index (κ2) is 10.0. The van der Waals surface area contributed by atoms with Crippen molar-refractivity contribution in [2.24, 2.45) is 0 Å². The third kappa shape index (κ3) is 4.90. The van der Waals surface area contributed by atoms with E-state index >= 15 is 0 Å². The molecular weight excluding hydrogens is 418 g/mol. The molecule has 0 bridgehead atoms. The van der Waals surface area contributed by atoms with Crippen LogP contribution in [0.4, 0.5) is 0 Å². The highest BCUT2D eigenvalue weighted by molar-refractivity contribution is 6.14. The summed E-state index contributed by atoms with van der Waals surface area (Å²) in [6, 6.07) is 19.3. The maximum atomic E-state index is 13.2. The molecule has 1 atom stereocenters. The van der Waals surface area contributed by atoms with Gasteiger partial charge in [-0.05, 0) is 47.9 Å². The van der Waals surface area contributed by atoms with Crippen molar-refractivity contribution in [1.82, 2.24) is 4.90 Å². The number of carbonyl (C=O) groups excluding carboxylic acids is 2. The fraction of sp³-hybridized carbons (Fsp3) is 0.185. The summed E-state index contributed by atoms with van der Waals surface area (Å²) in [6.45, 7) is 2.74. The zero-order valence-electron chi connectivity index (χ0n) is 18.3. The van der Waals surface area contributed by atoms with E-state index in [1.54, 1.807) is 30.3 Å². The van der Waals surface area contributed by atoms with Crippen molar-refractivity contribution in [2.45, 2.75) is 25.9 Å². The van der Waals surface area contributed by atoms with Crippen molar-refractivity contribution in [3.05, 3.63) is 107 Å². The van der Waals surface area contributed by atoms with Gasteiger partial charge in [-0.1, -0.05) is 55.5 Å². The van der Waals surface area contributed by atoms with Crippen LogP contribution >= 0.6 is 0 Å². The van der Waals surface area contributed by atoms with Gasteiger partial charge in [0.1, 0.15) is 11.5 Å². The van der Waals surface area contributed by atoms with Crippen LogP contribution in [0.15, 0.2) is 94.8 Å². The number of nitrogens with zero attached hydrogens (tertiary/aromatic N) is 1. The number of allylic oxidation sites excluding steroid dienone is 1. The highest BCUT2D eigenvalue weighted by atomic mass is 16.5. The van der Waals surface area contributed by atoms with Crippen LogP contribution in [0.5, 0.6) is 5.75 Å². The van der Waals surface area contributed by atoms with Crippen LogP contribution in [0, 0.1) is 0 Å². The molecule has 6 heteroatoms. The average molecular weight is 443 g/mol. The standard InChI is InChI=1S/C27H25NO5/c1-2-16-32-21-13-11-20(12-14-21)25-24(23(29)15-10-19-7-4-3-5-8-19)26(30)27(31)28(25)18-22-9-6-17-33-22/h3-15,17,25,30H,2,16,18H2,1H3. The van der Waals surface area contributed by atoms with Crippen LogP contribution in [0.25, 0.3) is 6.08 Å². The van der Waals surface area contributed by atoms with Crippen molar-refractivity contribution in [3.63, 3.8) is 0 Å². The summed E-state index contributed by atoms with van der Waals surface area (Å²) in [5, 5.41) is 10.7. The Balaban J connectivity index is 1.68. The second-order valence-corrected chi connectivity index (χ2v) is 7.70.